The largest absolute Gasteiger partial charge is 0.380 e. The van der Waals surface area contributed by atoms with Gasteiger partial charge in [0, 0.05) is 6.42 Å². The fourth-order valence-corrected chi connectivity index (χ4v) is 2.79. The Morgan fingerprint density at radius 3 is 1.65 bits per heavy atom. The highest BCUT2D eigenvalue weighted by Gasteiger charge is 2.31. The zero-order valence-electron chi connectivity index (χ0n) is 12.7. The highest BCUT2D eigenvalue weighted by atomic mass is 16.3. The van der Waals surface area contributed by atoms with Gasteiger partial charge in [-0.3, -0.25) is 0 Å². The summed E-state index contributed by atoms with van der Waals surface area (Å²) in [5.41, 5.74) is 2.22. The van der Waals surface area contributed by atoms with Crippen molar-refractivity contribution in [1.29, 1.82) is 5.26 Å². The number of hydrogen-bond donors (Lipinski definition) is 1. The van der Waals surface area contributed by atoms with Crippen molar-refractivity contribution in [1.82, 2.24) is 0 Å². The van der Waals surface area contributed by atoms with E-state index in [1.165, 1.54) is 0 Å². The molecule has 3 aromatic rings. The van der Waals surface area contributed by atoms with Crippen molar-refractivity contribution in [2.24, 2.45) is 0 Å². The van der Waals surface area contributed by atoms with Gasteiger partial charge in [-0.2, -0.15) is 5.26 Å². The van der Waals surface area contributed by atoms with Crippen LogP contribution in [0.15, 0.2) is 84.9 Å². The van der Waals surface area contributed by atoms with Crippen LogP contribution in [0.2, 0.25) is 0 Å². The summed E-state index contributed by atoms with van der Waals surface area (Å²) in [4.78, 5) is 0. The normalized spacial score (nSPS) is 11.0. The van der Waals surface area contributed by atoms with Gasteiger partial charge in [-0.25, -0.2) is 0 Å². The molecule has 0 saturated carbocycles. The number of benzene rings is 3. The van der Waals surface area contributed by atoms with Crippen LogP contribution in [-0.4, -0.2) is 5.11 Å². The molecule has 0 bridgehead atoms. The average Bonchev–Trinajstić information content (AvgIpc) is 2.64. The Morgan fingerprint density at radius 1 is 0.739 bits per heavy atom. The third-order valence-corrected chi connectivity index (χ3v) is 4.05. The Hall–Kier alpha value is -2.89. The molecule has 2 nitrogen and oxygen atoms in total. The average molecular weight is 299 g/mol. The van der Waals surface area contributed by atoms with Crippen LogP contribution >= 0.6 is 0 Å². The molecule has 1 N–H and O–H groups in total. The molecule has 0 radical (unpaired) electrons. The lowest BCUT2D eigenvalue weighted by Gasteiger charge is -2.29. The van der Waals surface area contributed by atoms with Crippen LogP contribution in [0.5, 0.6) is 0 Å². The third-order valence-electron chi connectivity index (χ3n) is 4.05. The zero-order chi connectivity index (χ0) is 16.1. The smallest absolute Gasteiger partial charge is 0.119 e. The molecular formula is C21H17NO. The minimum atomic E-state index is -1.10. The summed E-state index contributed by atoms with van der Waals surface area (Å²) in [6.45, 7) is 0. The molecule has 3 aromatic carbocycles. The van der Waals surface area contributed by atoms with E-state index in [0.29, 0.717) is 12.0 Å². The fourth-order valence-electron chi connectivity index (χ4n) is 2.79. The van der Waals surface area contributed by atoms with Gasteiger partial charge in [0.25, 0.3) is 0 Å². The van der Waals surface area contributed by atoms with Gasteiger partial charge in [-0.05, 0) is 28.8 Å². The van der Waals surface area contributed by atoms with E-state index in [9.17, 15) is 5.11 Å². The minimum Gasteiger partial charge on any atom is -0.380 e. The Morgan fingerprint density at radius 2 is 1.22 bits per heavy atom. The minimum absolute atomic E-state index is 0.451. The molecule has 0 aromatic heterocycles. The van der Waals surface area contributed by atoms with Crippen molar-refractivity contribution in [3.63, 3.8) is 0 Å². The summed E-state index contributed by atoms with van der Waals surface area (Å²) in [5.74, 6) is 0. The summed E-state index contributed by atoms with van der Waals surface area (Å²) < 4.78 is 0. The predicted molar refractivity (Wildman–Crippen MR) is 90.7 cm³/mol. The summed E-state index contributed by atoms with van der Waals surface area (Å²) in [7, 11) is 0. The van der Waals surface area contributed by atoms with E-state index in [1.54, 1.807) is 12.1 Å². The maximum atomic E-state index is 11.5. The van der Waals surface area contributed by atoms with Crippen LogP contribution in [-0.2, 0) is 12.0 Å². The van der Waals surface area contributed by atoms with Crippen molar-refractivity contribution in [3.05, 3.63) is 107 Å². The van der Waals surface area contributed by atoms with Crippen LogP contribution in [0.4, 0.5) is 0 Å². The second-order valence-electron chi connectivity index (χ2n) is 5.58. The van der Waals surface area contributed by atoms with Gasteiger partial charge < -0.3 is 5.11 Å². The molecule has 2 heteroatoms. The number of nitriles is 1. The molecule has 0 aliphatic carbocycles. The van der Waals surface area contributed by atoms with E-state index >= 15 is 0 Å². The molecule has 0 heterocycles. The van der Waals surface area contributed by atoms with Crippen LogP contribution in [0.25, 0.3) is 0 Å². The predicted octanol–water partition coefficient (Wildman–Crippen LogP) is 4.04. The lowest BCUT2D eigenvalue weighted by atomic mass is 9.81. The maximum Gasteiger partial charge on any atom is 0.119 e. The monoisotopic (exact) mass is 299 g/mol. The van der Waals surface area contributed by atoms with Gasteiger partial charge in [-0.15, -0.1) is 0 Å². The summed E-state index contributed by atoms with van der Waals surface area (Å²) in [6.07, 6.45) is 0.451. The SMILES string of the molecule is N#Cc1ccc(CC(O)(c2ccccc2)c2ccccc2)cc1. The molecule has 0 fully saturated rings. The van der Waals surface area contributed by atoms with Crippen LogP contribution in [0, 0.1) is 11.3 Å². The first-order valence-corrected chi connectivity index (χ1v) is 7.55. The zero-order valence-corrected chi connectivity index (χ0v) is 12.7. The van der Waals surface area contributed by atoms with E-state index < -0.39 is 5.60 Å². The van der Waals surface area contributed by atoms with Crippen molar-refractivity contribution >= 4 is 0 Å². The molecule has 0 atom stereocenters. The van der Waals surface area contributed by atoms with Crippen molar-refractivity contribution in [2.75, 3.05) is 0 Å². The quantitative estimate of drug-likeness (QED) is 0.790. The van der Waals surface area contributed by atoms with Gasteiger partial charge in [0.05, 0.1) is 11.6 Å². The highest BCUT2D eigenvalue weighted by molar-refractivity contribution is 5.39. The Bertz CT molecular complexity index is 762. The molecule has 3 rings (SSSR count). The van der Waals surface area contributed by atoms with E-state index in [4.69, 9.17) is 5.26 Å². The van der Waals surface area contributed by atoms with Crippen molar-refractivity contribution in [3.8, 4) is 6.07 Å². The number of rotatable bonds is 4. The van der Waals surface area contributed by atoms with Crippen LogP contribution < -0.4 is 0 Å². The second kappa shape index (κ2) is 6.48. The molecule has 112 valence electrons. The molecule has 0 amide bonds. The lowest BCUT2D eigenvalue weighted by molar-refractivity contribution is 0.0811. The van der Waals surface area contributed by atoms with Crippen LogP contribution in [0.3, 0.4) is 0 Å². The lowest BCUT2D eigenvalue weighted by Crippen LogP contribution is -2.30. The van der Waals surface area contributed by atoms with Gasteiger partial charge in [-0.1, -0.05) is 72.8 Å². The van der Waals surface area contributed by atoms with Crippen molar-refractivity contribution in [2.45, 2.75) is 12.0 Å². The van der Waals surface area contributed by atoms with Gasteiger partial charge >= 0.3 is 0 Å². The van der Waals surface area contributed by atoms with Crippen LogP contribution in [0.1, 0.15) is 22.3 Å². The fraction of sp³-hybridized carbons (Fsp3) is 0.0952. The summed E-state index contributed by atoms with van der Waals surface area (Å²) in [5, 5.41) is 20.4. The number of hydrogen-bond acceptors (Lipinski definition) is 2. The van der Waals surface area contributed by atoms with E-state index in [0.717, 1.165) is 16.7 Å². The highest BCUT2D eigenvalue weighted by Crippen LogP contribution is 2.33. The second-order valence-corrected chi connectivity index (χ2v) is 5.58. The Labute approximate surface area is 136 Å². The number of nitrogens with zero attached hydrogens (tertiary/aromatic N) is 1. The summed E-state index contributed by atoms with van der Waals surface area (Å²) >= 11 is 0. The third kappa shape index (κ3) is 3.15. The molecule has 0 spiro atoms. The first-order valence-electron chi connectivity index (χ1n) is 7.55. The standard InChI is InChI=1S/C21H17NO/c22-16-18-13-11-17(12-14-18)15-21(23,19-7-3-1-4-8-19)20-9-5-2-6-10-20/h1-14,23H,15H2. The van der Waals surface area contributed by atoms with E-state index in [2.05, 4.69) is 6.07 Å². The van der Waals surface area contributed by atoms with Gasteiger partial charge in [0.15, 0.2) is 0 Å². The van der Waals surface area contributed by atoms with Crippen molar-refractivity contribution < 1.29 is 5.11 Å². The van der Waals surface area contributed by atoms with Gasteiger partial charge in [0.2, 0.25) is 0 Å². The molecule has 23 heavy (non-hydrogen) atoms. The maximum absolute atomic E-state index is 11.5. The summed E-state index contributed by atoms with van der Waals surface area (Å²) in [6, 6.07) is 28.9. The molecule has 0 unspecified atom stereocenters. The number of aliphatic hydroxyl groups is 1. The Balaban J connectivity index is 2.04. The molecule has 0 aliphatic rings. The first-order chi connectivity index (χ1) is 11.2. The first kappa shape index (κ1) is 15.0. The molecule has 0 saturated heterocycles. The van der Waals surface area contributed by atoms with Gasteiger partial charge in [0.1, 0.15) is 5.60 Å². The molecular weight excluding hydrogens is 282 g/mol. The topological polar surface area (TPSA) is 44.0 Å². The van der Waals surface area contributed by atoms with E-state index in [-0.39, 0.29) is 0 Å². The Kier molecular flexibility index (Phi) is 4.23. The van der Waals surface area contributed by atoms with E-state index in [1.807, 2.05) is 72.8 Å². The molecule has 0 aliphatic heterocycles.